The number of fused-ring (bicyclic) bond motifs is 2. The topological polar surface area (TPSA) is 98.2 Å². The van der Waals surface area contributed by atoms with Crippen LogP contribution in [0.4, 0.5) is 4.79 Å². The molecule has 2 saturated carbocycles. The minimum atomic E-state index is -1.00. The molecule has 0 saturated heterocycles. The third kappa shape index (κ3) is 1.90. The van der Waals surface area contributed by atoms with Crippen LogP contribution in [0.1, 0.15) is 18.4 Å². The van der Waals surface area contributed by atoms with Gasteiger partial charge >= 0.3 is 6.09 Å². The summed E-state index contributed by atoms with van der Waals surface area (Å²) in [5.41, 5.74) is 0.616. The van der Waals surface area contributed by atoms with Gasteiger partial charge in [-0.2, -0.15) is 5.10 Å². The Bertz CT molecular complexity index is 732. The number of aromatic nitrogens is 2. The van der Waals surface area contributed by atoms with E-state index in [-0.39, 0.29) is 17.9 Å². The summed E-state index contributed by atoms with van der Waals surface area (Å²) < 4.78 is 0. The first kappa shape index (κ1) is 12.9. The number of carbonyl (C=O) groups is 1. The quantitative estimate of drug-likeness (QED) is 0.682. The third-order valence-corrected chi connectivity index (χ3v) is 5.01. The summed E-state index contributed by atoms with van der Waals surface area (Å²) in [5.74, 6) is 0.402. The van der Waals surface area contributed by atoms with Gasteiger partial charge in [-0.25, -0.2) is 4.79 Å². The van der Waals surface area contributed by atoms with Gasteiger partial charge in [-0.15, -0.1) is 0 Å². The van der Waals surface area contributed by atoms with Crippen molar-refractivity contribution in [1.82, 2.24) is 15.5 Å². The molecule has 1 aromatic carbocycles. The Morgan fingerprint density at radius 1 is 1.43 bits per heavy atom. The van der Waals surface area contributed by atoms with Crippen molar-refractivity contribution in [1.29, 1.82) is 0 Å². The molecular weight excluding hydrogens is 294 g/mol. The number of aliphatic hydroxyl groups is 1. The molecule has 7 heteroatoms. The molecule has 4 rings (SSSR count). The summed E-state index contributed by atoms with van der Waals surface area (Å²) in [4.78, 5) is 10.7. The molecule has 0 unspecified atom stereocenters. The summed E-state index contributed by atoms with van der Waals surface area (Å²) in [6, 6.07) is 3.53. The van der Waals surface area contributed by atoms with Gasteiger partial charge in [-0.05, 0) is 42.4 Å². The van der Waals surface area contributed by atoms with Crippen LogP contribution in [0.15, 0.2) is 18.3 Å². The number of halogens is 1. The van der Waals surface area contributed by atoms with Crippen molar-refractivity contribution in [3.05, 3.63) is 28.9 Å². The molecule has 1 aromatic heterocycles. The standard InChI is InChI=1S/C14H14ClN3O3/c15-6-1-10(9-5-16-18-11(9)2-6)14(21)3-7-8(4-14)12(7)17-13(19)20/h1-2,5,7-8,12,17,21H,3-4H2,(H,16,18)(H,19,20)/t7-,8+,12+,14-. The Balaban J connectivity index is 1.65. The van der Waals surface area contributed by atoms with Crippen LogP contribution >= 0.6 is 11.6 Å². The first-order chi connectivity index (χ1) is 9.98. The fourth-order valence-corrected chi connectivity index (χ4v) is 4.06. The fourth-order valence-electron chi connectivity index (χ4n) is 3.84. The molecule has 2 aliphatic carbocycles. The van der Waals surface area contributed by atoms with Crippen LogP contribution in [-0.2, 0) is 5.60 Å². The molecular formula is C14H14ClN3O3. The van der Waals surface area contributed by atoms with E-state index in [1.807, 2.05) is 0 Å². The molecule has 6 nitrogen and oxygen atoms in total. The zero-order valence-corrected chi connectivity index (χ0v) is 11.8. The minimum absolute atomic E-state index is 0.0261. The number of rotatable bonds is 2. The maximum absolute atomic E-state index is 11.0. The van der Waals surface area contributed by atoms with Crippen molar-refractivity contribution in [3.63, 3.8) is 0 Å². The lowest BCUT2D eigenvalue weighted by molar-refractivity contribution is 0.0295. The molecule has 0 spiro atoms. The Kier molecular flexibility index (Phi) is 2.53. The molecule has 2 fully saturated rings. The zero-order valence-electron chi connectivity index (χ0n) is 11.0. The molecule has 1 amide bonds. The Hall–Kier alpha value is -1.79. The van der Waals surface area contributed by atoms with Crippen LogP contribution in [0.25, 0.3) is 10.9 Å². The third-order valence-electron chi connectivity index (χ3n) is 4.79. The lowest BCUT2D eigenvalue weighted by atomic mass is 9.86. The highest BCUT2D eigenvalue weighted by Crippen LogP contribution is 2.60. The van der Waals surface area contributed by atoms with Crippen LogP contribution in [-0.4, -0.2) is 32.5 Å². The average Bonchev–Trinajstić information content (AvgIpc) is 2.83. The molecule has 2 aliphatic rings. The lowest BCUT2D eigenvalue weighted by Crippen LogP contribution is -2.32. The highest BCUT2D eigenvalue weighted by atomic mass is 35.5. The van der Waals surface area contributed by atoms with E-state index in [9.17, 15) is 9.90 Å². The van der Waals surface area contributed by atoms with Gasteiger partial charge in [0.25, 0.3) is 0 Å². The molecule has 1 heterocycles. The Morgan fingerprint density at radius 2 is 2.14 bits per heavy atom. The van der Waals surface area contributed by atoms with Gasteiger partial charge in [0.2, 0.25) is 0 Å². The number of amides is 1. The number of hydrogen-bond acceptors (Lipinski definition) is 3. The number of H-pyrrole nitrogens is 1. The van der Waals surface area contributed by atoms with Crippen molar-refractivity contribution in [2.45, 2.75) is 24.5 Å². The van der Waals surface area contributed by atoms with Gasteiger partial charge in [-0.1, -0.05) is 11.6 Å². The second kappa shape index (κ2) is 4.11. The van der Waals surface area contributed by atoms with Crippen LogP contribution in [0.5, 0.6) is 0 Å². The van der Waals surface area contributed by atoms with E-state index in [4.69, 9.17) is 16.7 Å². The summed E-state index contributed by atoms with van der Waals surface area (Å²) in [5, 5.41) is 30.6. The van der Waals surface area contributed by atoms with E-state index < -0.39 is 11.7 Å². The SMILES string of the molecule is O=C(O)N[C@H]1[C@@H]2C[C@](O)(c3cc(Cl)cc4[nH]ncc34)C[C@@H]21. The Morgan fingerprint density at radius 3 is 2.81 bits per heavy atom. The summed E-state index contributed by atoms with van der Waals surface area (Å²) in [7, 11) is 0. The van der Waals surface area contributed by atoms with Gasteiger partial charge in [0.05, 0.1) is 17.3 Å². The van der Waals surface area contributed by atoms with Crippen molar-refractivity contribution >= 4 is 28.6 Å². The number of nitrogens with one attached hydrogen (secondary N) is 2. The average molecular weight is 308 g/mol. The van der Waals surface area contributed by atoms with E-state index >= 15 is 0 Å². The first-order valence-corrected chi connectivity index (χ1v) is 7.21. The second-order valence-corrected chi connectivity index (χ2v) is 6.46. The maximum Gasteiger partial charge on any atom is 0.404 e. The van der Waals surface area contributed by atoms with Gasteiger partial charge in [0.15, 0.2) is 0 Å². The highest BCUT2D eigenvalue weighted by molar-refractivity contribution is 6.31. The molecule has 4 N–H and O–H groups in total. The zero-order chi connectivity index (χ0) is 14.8. The molecule has 0 aliphatic heterocycles. The predicted molar refractivity (Wildman–Crippen MR) is 76.2 cm³/mol. The van der Waals surface area contributed by atoms with Crippen LogP contribution in [0, 0.1) is 11.8 Å². The molecule has 4 atom stereocenters. The van der Waals surface area contributed by atoms with Gasteiger partial charge < -0.3 is 15.5 Å². The number of benzene rings is 1. The monoisotopic (exact) mass is 307 g/mol. The van der Waals surface area contributed by atoms with Crippen LogP contribution < -0.4 is 5.32 Å². The summed E-state index contributed by atoms with van der Waals surface area (Å²) in [6.07, 6.45) is 1.78. The van der Waals surface area contributed by atoms with Crippen molar-refractivity contribution < 1.29 is 15.0 Å². The van der Waals surface area contributed by atoms with E-state index in [0.717, 1.165) is 16.5 Å². The van der Waals surface area contributed by atoms with Crippen LogP contribution in [0.2, 0.25) is 5.02 Å². The number of nitrogens with zero attached hydrogens (tertiary/aromatic N) is 1. The second-order valence-electron chi connectivity index (χ2n) is 6.03. The van der Waals surface area contributed by atoms with E-state index in [2.05, 4.69) is 15.5 Å². The highest BCUT2D eigenvalue weighted by Gasteiger charge is 2.62. The van der Waals surface area contributed by atoms with Crippen molar-refractivity contribution in [2.75, 3.05) is 0 Å². The normalized spacial score (nSPS) is 33.9. The first-order valence-electron chi connectivity index (χ1n) is 6.83. The molecule has 110 valence electrons. The van der Waals surface area contributed by atoms with Crippen LogP contribution in [0.3, 0.4) is 0 Å². The smallest absolute Gasteiger partial charge is 0.404 e. The van der Waals surface area contributed by atoms with Gasteiger partial charge in [0.1, 0.15) is 0 Å². The van der Waals surface area contributed by atoms with Gasteiger partial charge in [-0.3, -0.25) is 5.10 Å². The Labute approximate surface area is 125 Å². The fraction of sp³-hybridized carbons (Fsp3) is 0.429. The van der Waals surface area contributed by atoms with Crippen molar-refractivity contribution in [3.8, 4) is 0 Å². The summed E-state index contributed by atoms with van der Waals surface area (Å²) in [6.45, 7) is 0. The summed E-state index contributed by atoms with van der Waals surface area (Å²) >= 11 is 6.12. The van der Waals surface area contributed by atoms with E-state index in [0.29, 0.717) is 17.9 Å². The lowest BCUT2D eigenvalue weighted by Gasteiger charge is -2.27. The predicted octanol–water partition coefficient (Wildman–Crippen LogP) is 2.08. The number of carboxylic acid groups (broad SMARTS) is 1. The molecule has 0 radical (unpaired) electrons. The van der Waals surface area contributed by atoms with E-state index in [1.54, 1.807) is 18.3 Å². The molecule has 0 bridgehead atoms. The minimum Gasteiger partial charge on any atom is -0.465 e. The van der Waals surface area contributed by atoms with E-state index in [1.165, 1.54) is 0 Å². The molecule has 21 heavy (non-hydrogen) atoms. The van der Waals surface area contributed by atoms with Crippen molar-refractivity contribution in [2.24, 2.45) is 11.8 Å². The molecule has 2 aromatic rings. The maximum atomic E-state index is 11.0. The van der Waals surface area contributed by atoms with Gasteiger partial charge in [0, 0.05) is 16.5 Å². The number of hydrogen-bond donors (Lipinski definition) is 4. The largest absolute Gasteiger partial charge is 0.465 e. The number of aromatic amines is 1.